The van der Waals surface area contributed by atoms with Gasteiger partial charge in [0.25, 0.3) is 5.91 Å². The molecule has 7 amide bonds. The van der Waals surface area contributed by atoms with Gasteiger partial charge in [0.15, 0.2) is 0 Å². The number of amides is 7. The quantitative estimate of drug-likeness (QED) is 0.0611. The molecule has 0 radical (unpaired) electrons. The highest BCUT2D eigenvalue weighted by Crippen LogP contribution is 2.17. The van der Waals surface area contributed by atoms with Crippen LogP contribution in [0.3, 0.4) is 0 Å². The fourth-order valence-corrected chi connectivity index (χ4v) is 6.82. The van der Waals surface area contributed by atoms with Gasteiger partial charge < -0.3 is 57.3 Å². The minimum atomic E-state index is -1.77. The first-order valence-corrected chi connectivity index (χ1v) is 22.0. The number of esters is 1. The Bertz CT molecular complexity index is 2170. The van der Waals surface area contributed by atoms with Gasteiger partial charge in [-0.3, -0.25) is 38.4 Å². The van der Waals surface area contributed by atoms with E-state index in [4.69, 9.17) is 4.74 Å². The Labute approximate surface area is 389 Å². The number of nitrogens with one attached hydrogen (secondary N) is 7. The number of aromatic hydroxyl groups is 2. The molecular weight excluding hydrogens is 871 g/mol. The Hall–Kier alpha value is -7.25. The minimum absolute atomic E-state index is 0.0344. The van der Waals surface area contributed by atoms with E-state index < -0.39 is 114 Å². The zero-order valence-corrected chi connectivity index (χ0v) is 38.8. The number of carbonyl (C=O) groups excluding carboxylic acids is 8. The third-order valence-electron chi connectivity index (χ3n) is 10.6. The van der Waals surface area contributed by atoms with Gasteiger partial charge in [-0.05, 0) is 102 Å². The summed E-state index contributed by atoms with van der Waals surface area (Å²) in [6.45, 7) is 10.8. The van der Waals surface area contributed by atoms with Gasteiger partial charge in [-0.2, -0.15) is 0 Å². The van der Waals surface area contributed by atoms with Crippen molar-refractivity contribution in [3.05, 3.63) is 83.1 Å². The number of aliphatic carboxylic acids is 1. The number of allylic oxidation sites excluding steroid dienone is 2. The Balaban J connectivity index is 2.06. The number of benzene rings is 2. The normalized spacial score (nSPS) is 21.0. The number of carboxylic acid groups (broad SMARTS) is 1. The van der Waals surface area contributed by atoms with Crippen LogP contribution in [0.4, 0.5) is 0 Å². The second kappa shape index (κ2) is 26.0. The number of carboxylic acids is 1. The van der Waals surface area contributed by atoms with Crippen molar-refractivity contribution >= 4 is 53.3 Å². The standard InChI is InChI=1S/C47H63N7O13/c1-8-33-42(61)50-34(21-22-38(58)59)43(62)51-35(12-10-9-11-29-13-17-31(55)18-14-29)47(66)67-28(7)40(46(65)48-27(6)41(60)49-33)54-44(63)36(24-30-15-19-32(56)20-16-30)52-45(64)39(26(4)5)53-37(57)23-25(2)3/h8,13-20,23,26-28,34-36,39-40,55-56H,9-12,21-22,24H2,1-7H3,(H,48,65)(H,49,60)(H,50,61)(H,51,62)(H,52,64)(H,53,57)(H,54,63)(H,58,59)/t27-,28+,34+,35-,36-,39-,40-/m0/s1. The zero-order chi connectivity index (χ0) is 50.0. The van der Waals surface area contributed by atoms with Crippen molar-refractivity contribution in [3.8, 4) is 11.5 Å². The number of unbranched alkanes of at least 4 members (excludes halogenated alkanes) is 1. The van der Waals surface area contributed by atoms with Gasteiger partial charge in [-0.25, -0.2) is 4.79 Å². The molecule has 0 saturated carbocycles. The van der Waals surface area contributed by atoms with Gasteiger partial charge in [-0.1, -0.05) is 56.2 Å². The Morgan fingerprint density at radius 2 is 1.37 bits per heavy atom. The molecule has 7 atom stereocenters. The number of aryl methyl sites for hydroxylation is 1. The third-order valence-corrected chi connectivity index (χ3v) is 10.6. The van der Waals surface area contributed by atoms with E-state index in [-0.39, 0.29) is 30.0 Å². The van der Waals surface area contributed by atoms with Crippen molar-refractivity contribution < 1.29 is 63.2 Å². The largest absolute Gasteiger partial charge is 0.508 e. The van der Waals surface area contributed by atoms with Gasteiger partial charge >= 0.3 is 11.9 Å². The van der Waals surface area contributed by atoms with Crippen LogP contribution in [0.25, 0.3) is 0 Å². The van der Waals surface area contributed by atoms with Gasteiger partial charge in [0.1, 0.15) is 59.6 Å². The zero-order valence-electron chi connectivity index (χ0n) is 38.8. The molecular formula is C47H63N7O13. The molecule has 0 aromatic heterocycles. The Morgan fingerprint density at radius 3 is 1.94 bits per heavy atom. The van der Waals surface area contributed by atoms with Gasteiger partial charge in [0.05, 0.1) is 0 Å². The lowest BCUT2D eigenvalue weighted by Crippen LogP contribution is -2.62. The number of cyclic esters (lactones) is 1. The van der Waals surface area contributed by atoms with Gasteiger partial charge in [0.2, 0.25) is 35.4 Å². The predicted octanol–water partition coefficient (Wildman–Crippen LogP) is 1.43. The molecule has 67 heavy (non-hydrogen) atoms. The van der Waals surface area contributed by atoms with Crippen molar-refractivity contribution in [2.75, 3.05) is 0 Å². The summed E-state index contributed by atoms with van der Waals surface area (Å²) in [5.74, 6) is -8.89. The molecule has 0 unspecified atom stereocenters. The maximum absolute atomic E-state index is 14.4. The lowest BCUT2D eigenvalue weighted by molar-refractivity contribution is -0.156. The number of rotatable bonds is 17. The first kappa shape index (κ1) is 54.1. The lowest BCUT2D eigenvalue weighted by atomic mass is 10.00. The van der Waals surface area contributed by atoms with Crippen LogP contribution in [0.5, 0.6) is 11.5 Å². The average molecular weight is 934 g/mol. The van der Waals surface area contributed by atoms with Crippen molar-refractivity contribution in [3.63, 3.8) is 0 Å². The number of phenolic OH excluding ortho intramolecular Hbond substituents is 2. The molecule has 0 bridgehead atoms. The molecule has 3 rings (SSSR count). The summed E-state index contributed by atoms with van der Waals surface area (Å²) in [6.07, 6.45) is 1.14. The molecule has 20 nitrogen and oxygen atoms in total. The molecule has 2 aromatic rings. The number of hydrogen-bond donors (Lipinski definition) is 10. The molecule has 0 aliphatic carbocycles. The molecule has 1 aliphatic heterocycles. The van der Waals surface area contributed by atoms with Crippen LogP contribution in [0.15, 0.2) is 72.0 Å². The summed E-state index contributed by atoms with van der Waals surface area (Å²) in [5, 5.41) is 46.7. The molecule has 1 aliphatic rings. The predicted molar refractivity (Wildman–Crippen MR) is 243 cm³/mol. The van der Waals surface area contributed by atoms with Crippen LogP contribution in [0, 0.1) is 5.92 Å². The number of ether oxygens (including phenoxy) is 1. The highest BCUT2D eigenvalue weighted by atomic mass is 16.5. The summed E-state index contributed by atoms with van der Waals surface area (Å²) in [4.78, 5) is 121. The molecule has 0 spiro atoms. The fourth-order valence-electron chi connectivity index (χ4n) is 6.82. The first-order valence-electron chi connectivity index (χ1n) is 22.0. The van der Waals surface area contributed by atoms with Crippen molar-refractivity contribution in [2.24, 2.45) is 5.92 Å². The smallest absolute Gasteiger partial charge is 0.328 e. The third kappa shape index (κ3) is 17.9. The Kier molecular flexibility index (Phi) is 21.0. The number of carbonyl (C=O) groups is 9. The molecule has 1 heterocycles. The monoisotopic (exact) mass is 933 g/mol. The number of phenols is 2. The van der Waals surface area contributed by atoms with Crippen LogP contribution in [0.2, 0.25) is 0 Å². The van der Waals surface area contributed by atoms with E-state index in [2.05, 4.69) is 37.2 Å². The first-order chi connectivity index (χ1) is 31.6. The van der Waals surface area contributed by atoms with Crippen LogP contribution in [-0.2, 0) is 60.7 Å². The summed E-state index contributed by atoms with van der Waals surface area (Å²) in [5.41, 5.74) is 1.67. The minimum Gasteiger partial charge on any atom is -0.508 e. The average Bonchev–Trinajstić information content (AvgIpc) is 3.25. The Morgan fingerprint density at radius 1 is 0.761 bits per heavy atom. The SMILES string of the molecule is CC=C1NC(=O)[C@H](C)NC(=O)[C@@H](NC(=O)[C@H](Cc2ccc(O)cc2)NC(=O)[C@@H](NC(=O)C=C(C)C)C(C)C)[C@@H](C)OC(=O)[C@H](CCCCc2ccc(O)cc2)NC(=O)[C@@H](CCC(=O)O)NC1=O. The van der Waals surface area contributed by atoms with Gasteiger partial charge in [0, 0.05) is 18.9 Å². The summed E-state index contributed by atoms with van der Waals surface area (Å²) >= 11 is 0. The maximum Gasteiger partial charge on any atom is 0.328 e. The van der Waals surface area contributed by atoms with Gasteiger partial charge in [-0.15, -0.1) is 0 Å². The van der Waals surface area contributed by atoms with Crippen LogP contribution >= 0.6 is 0 Å². The second-order valence-electron chi connectivity index (χ2n) is 16.9. The van der Waals surface area contributed by atoms with E-state index in [1.165, 1.54) is 69.3 Å². The molecule has 1 saturated heterocycles. The molecule has 1 fully saturated rings. The highest BCUT2D eigenvalue weighted by molar-refractivity contribution is 6.02. The number of hydrogen-bond acceptors (Lipinski definition) is 12. The van der Waals surface area contributed by atoms with E-state index in [9.17, 15) is 58.5 Å². The fraction of sp³-hybridized carbons (Fsp3) is 0.468. The molecule has 364 valence electrons. The summed E-state index contributed by atoms with van der Waals surface area (Å²) in [7, 11) is 0. The topological polar surface area (TPSA) is 308 Å². The maximum atomic E-state index is 14.4. The highest BCUT2D eigenvalue weighted by Gasteiger charge is 2.38. The summed E-state index contributed by atoms with van der Waals surface area (Å²) in [6, 6.07) is 3.57. The molecule has 20 heteroatoms. The molecule has 2 aromatic carbocycles. The van der Waals surface area contributed by atoms with E-state index in [0.717, 1.165) is 5.56 Å². The van der Waals surface area contributed by atoms with Crippen molar-refractivity contribution in [1.29, 1.82) is 0 Å². The van der Waals surface area contributed by atoms with E-state index >= 15 is 0 Å². The summed E-state index contributed by atoms with van der Waals surface area (Å²) < 4.78 is 5.80. The molecule has 10 N–H and O–H groups in total. The second-order valence-corrected chi connectivity index (χ2v) is 16.9. The van der Waals surface area contributed by atoms with Crippen LogP contribution in [-0.4, -0.2) is 111 Å². The lowest BCUT2D eigenvalue weighted by Gasteiger charge is -2.30. The van der Waals surface area contributed by atoms with E-state index in [0.29, 0.717) is 30.4 Å². The van der Waals surface area contributed by atoms with Crippen molar-refractivity contribution in [1.82, 2.24) is 37.2 Å². The van der Waals surface area contributed by atoms with E-state index in [1.807, 2.05) is 0 Å². The van der Waals surface area contributed by atoms with Crippen LogP contribution < -0.4 is 37.2 Å². The van der Waals surface area contributed by atoms with Crippen LogP contribution in [0.1, 0.15) is 91.7 Å². The van der Waals surface area contributed by atoms with Crippen molar-refractivity contribution in [2.45, 2.75) is 136 Å². The van der Waals surface area contributed by atoms with E-state index in [1.54, 1.807) is 39.8 Å².